The molecule has 5 unspecified atom stereocenters. The first-order chi connectivity index (χ1) is 44.9. The number of carbonyl (C=O) groups excluding carboxylic acids is 6. The Bertz CT molecular complexity index is 3530. The zero-order chi connectivity index (χ0) is 70.6. The molecule has 0 aliphatic carbocycles. The van der Waals surface area contributed by atoms with Gasteiger partial charge in [0.15, 0.2) is 11.6 Å². The number of carbonyl (C=O) groups is 6. The van der Waals surface area contributed by atoms with Crippen LogP contribution in [0.25, 0.3) is 0 Å². The molecule has 0 saturated heterocycles. The quantitative estimate of drug-likeness (QED) is 0.0123. The van der Waals surface area contributed by atoms with Crippen molar-refractivity contribution >= 4 is 103 Å². The van der Waals surface area contributed by atoms with Gasteiger partial charge in [0.25, 0.3) is 45.5 Å². The van der Waals surface area contributed by atoms with Crippen molar-refractivity contribution in [3.8, 4) is 0 Å². The first kappa shape index (κ1) is 76.2. The van der Waals surface area contributed by atoms with Crippen LogP contribution in [-0.4, -0.2) is 112 Å². The fourth-order valence-corrected chi connectivity index (χ4v) is 9.89. The molecule has 3 amide bonds. The van der Waals surface area contributed by atoms with Gasteiger partial charge in [0, 0.05) is 117 Å². The number of nitrogens with two attached hydrogens (primary N) is 1. The van der Waals surface area contributed by atoms with E-state index in [2.05, 4.69) is 31.9 Å². The van der Waals surface area contributed by atoms with E-state index in [1.54, 1.807) is 13.8 Å². The number of unbranched alkanes of at least 4 members (excludes halogenated alkanes) is 6. The third-order valence-corrected chi connectivity index (χ3v) is 15.2. The number of primary amides is 1. The predicted octanol–water partition coefficient (Wildman–Crippen LogP) is 9.52. The molecule has 4 rings (SSSR count). The van der Waals surface area contributed by atoms with Crippen LogP contribution >= 0.6 is 0 Å². The highest BCUT2D eigenvalue weighted by atomic mass is 16.7. The predicted molar refractivity (Wildman–Crippen MR) is 341 cm³/mol. The summed E-state index contributed by atoms with van der Waals surface area (Å²) in [5, 5.41) is 110. The maximum atomic E-state index is 14.6. The highest BCUT2D eigenvalue weighted by Gasteiger charge is 2.32. The smallest absolute Gasteiger partial charge is 0.292 e. The first-order valence-corrected chi connectivity index (χ1v) is 30.1. The molecule has 95 heavy (non-hydrogen) atoms. The van der Waals surface area contributed by atoms with Crippen LogP contribution in [0.15, 0.2) is 72.8 Å². The summed E-state index contributed by atoms with van der Waals surface area (Å²) in [6, 6.07) is 5.38. The normalized spacial score (nSPS) is 12.5. The van der Waals surface area contributed by atoms with Gasteiger partial charge in [-0.15, -0.1) is 0 Å². The molecule has 5 atom stereocenters. The average Bonchev–Trinajstić information content (AvgIpc) is 1.17. The summed E-state index contributed by atoms with van der Waals surface area (Å²) in [6.45, 7) is 4.69. The number of benzene rings is 4. The Morgan fingerprint density at radius 2 is 0.737 bits per heavy atom. The molecule has 0 heterocycles. The van der Waals surface area contributed by atoms with Gasteiger partial charge in [-0.2, -0.15) is 0 Å². The van der Waals surface area contributed by atoms with Crippen LogP contribution in [-0.2, 0) is 28.8 Å². The van der Waals surface area contributed by atoms with Gasteiger partial charge in [-0.05, 0) is 71.1 Å². The molecule has 37 heteroatoms. The van der Waals surface area contributed by atoms with Gasteiger partial charge < -0.3 is 37.6 Å². The molecule has 512 valence electrons. The van der Waals surface area contributed by atoms with Crippen molar-refractivity contribution in [2.75, 3.05) is 34.4 Å². The average molecular weight is 1330 g/mol. The Labute approximate surface area is 540 Å². The number of hydrogen-bond donors (Lipinski definition) is 7. The van der Waals surface area contributed by atoms with Crippen molar-refractivity contribution in [3.63, 3.8) is 0 Å². The Balaban J connectivity index is 1.59. The highest BCUT2D eigenvalue weighted by molar-refractivity contribution is 5.94. The summed E-state index contributed by atoms with van der Waals surface area (Å²) >= 11 is 0. The lowest BCUT2D eigenvalue weighted by atomic mass is 9.91. The number of nitrogens with one attached hydrogen (secondary N) is 6. The lowest BCUT2D eigenvalue weighted by Gasteiger charge is -2.25. The zero-order valence-corrected chi connectivity index (χ0v) is 52.0. The van der Waals surface area contributed by atoms with Crippen LogP contribution in [0.1, 0.15) is 130 Å². The summed E-state index contributed by atoms with van der Waals surface area (Å²) in [5.74, 6) is -4.64. The third-order valence-electron chi connectivity index (χ3n) is 15.2. The molecule has 0 bridgehead atoms. The maximum absolute atomic E-state index is 14.6. The second-order valence-corrected chi connectivity index (χ2v) is 22.4. The Kier molecular flexibility index (Phi) is 29.9. The van der Waals surface area contributed by atoms with Gasteiger partial charge in [-0.1, -0.05) is 39.5 Å². The minimum absolute atomic E-state index is 0.00992. The summed E-state index contributed by atoms with van der Waals surface area (Å²) in [6.07, 6.45) is 1.31. The maximum Gasteiger partial charge on any atom is 0.292 e. The molecular weight excluding hydrogens is 1260 g/mol. The molecule has 0 aliphatic heterocycles. The van der Waals surface area contributed by atoms with Gasteiger partial charge in [0.2, 0.25) is 17.7 Å². The summed E-state index contributed by atoms with van der Waals surface area (Å²) < 4.78 is 0. The fourth-order valence-electron chi connectivity index (χ4n) is 9.89. The molecule has 0 fully saturated rings. The van der Waals surface area contributed by atoms with Crippen LogP contribution in [0.3, 0.4) is 0 Å². The van der Waals surface area contributed by atoms with E-state index in [-0.39, 0.29) is 125 Å². The van der Waals surface area contributed by atoms with E-state index in [1.165, 1.54) is 6.92 Å². The largest absolute Gasteiger partial charge is 0.379 e. The zero-order valence-electron chi connectivity index (χ0n) is 52.0. The van der Waals surface area contributed by atoms with E-state index in [1.807, 2.05) is 0 Å². The molecule has 0 radical (unpaired) electrons. The second-order valence-electron chi connectivity index (χ2n) is 22.4. The topological polar surface area (TPSA) is 546 Å². The SMILES string of the molecule is CC(C)C(=O)CC(CCCCCC(=O)C(C)NC(=O)C(CCCCCC(=O)C(CCCCNc1cc([N+](=O)[O-])ccc1[N+](=O)[O-])Nc1cc([N+](=O)[O-])ccc1[N+](=O)[O-])NC(=O)C(CCCCNc1cc([N+](=O)[O-])ccc1[N+](=O)[O-])Nc1cc([N+](=O)[O-])ccc1[N+](=O)[O-])C(N)=O. The van der Waals surface area contributed by atoms with Gasteiger partial charge in [-0.25, -0.2) is 0 Å². The monoisotopic (exact) mass is 1330 g/mol. The first-order valence-electron chi connectivity index (χ1n) is 30.1. The van der Waals surface area contributed by atoms with Crippen molar-refractivity contribution in [2.24, 2.45) is 17.6 Å². The van der Waals surface area contributed by atoms with E-state index < -0.39 is 150 Å². The van der Waals surface area contributed by atoms with E-state index in [4.69, 9.17) is 5.73 Å². The van der Waals surface area contributed by atoms with E-state index in [0.29, 0.717) is 25.7 Å². The molecule has 4 aromatic rings. The Morgan fingerprint density at radius 3 is 1.14 bits per heavy atom. The van der Waals surface area contributed by atoms with Crippen LogP contribution in [0, 0.1) is 92.8 Å². The van der Waals surface area contributed by atoms with Crippen molar-refractivity contribution in [3.05, 3.63) is 154 Å². The number of nitrogens with zero attached hydrogens (tertiary/aromatic N) is 8. The molecule has 37 nitrogen and oxygen atoms in total. The Hall–Kier alpha value is -11.3. The van der Waals surface area contributed by atoms with Gasteiger partial charge in [-0.3, -0.25) is 110 Å². The number of nitro benzene ring substituents is 8. The lowest BCUT2D eigenvalue weighted by Crippen LogP contribution is -2.53. The lowest BCUT2D eigenvalue weighted by molar-refractivity contribution is -0.388. The standard InChI is InChI=1S/C58H73N15O22/c1-35(2)55(76)30-37(56(59)77)14-6-4-8-18-53(74)36(3)62-57(78)44(65-58(79)43(64-48-34-41(69(86)87)23-27-52(48)73(94)95)17-11-13-29-61-46-32-39(67(82)83)21-25-50(46)71(90)91)16-7-5-9-19-54(75)42(63-47-33-40(68(84)85)22-26-51(47)72(92)93)15-10-12-28-60-45-31-38(66(80)81)20-24-49(45)70(88)89/h20-27,31-37,42-44,60-61,63-64H,4-19,28-30H2,1-3H3,(H2,59,77)(H,62,78)(H,65,79). The van der Waals surface area contributed by atoms with Gasteiger partial charge in [0.1, 0.15) is 40.6 Å². The molecule has 0 aromatic heterocycles. The van der Waals surface area contributed by atoms with Crippen molar-refractivity contribution in [2.45, 2.75) is 154 Å². The summed E-state index contributed by atoms with van der Waals surface area (Å²) in [5.41, 5.74) is 0.00372. The Morgan fingerprint density at radius 1 is 0.389 bits per heavy atom. The van der Waals surface area contributed by atoms with Crippen LogP contribution in [0.5, 0.6) is 0 Å². The number of amides is 3. The van der Waals surface area contributed by atoms with Crippen LogP contribution in [0.2, 0.25) is 0 Å². The van der Waals surface area contributed by atoms with Gasteiger partial charge >= 0.3 is 0 Å². The second kappa shape index (κ2) is 37.3. The minimum atomic E-state index is -1.53. The molecule has 0 saturated carbocycles. The van der Waals surface area contributed by atoms with E-state index in [0.717, 1.165) is 72.8 Å². The number of rotatable bonds is 46. The number of hydrogen-bond acceptors (Lipinski definition) is 26. The minimum Gasteiger partial charge on any atom is -0.379 e. The molecule has 4 aromatic carbocycles. The number of Topliss-reactive ketones (excluding diaryl/α,β-unsaturated/α-hetero) is 3. The van der Waals surface area contributed by atoms with Crippen LogP contribution in [0.4, 0.5) is 68.2 Å². The van der Waals surface area contributed by atoms with Crippen LogP contribution < -0.4 is 37.6 Å². The number of anilines is 4. The molecular formula is C58H73N15O22. The van der Waals surface area contributed by atoms with Crippen molar-refractivity contribution in [1.29, 1.82) is 0 Å². The van der Waals surface area contributed by atoms with Crippen molar-refractivity contribution in [1.82, 2.24) is 10.6 Å². The van der Waals surface area contributed by atoms with E-state index >= 15 is 0 Å². The number of non-ortho nitro benzene ring substituents is 4. The number of ketones is 3. The van der Waals surface area contributed by atoms with Gasteiger partial charge in [0.05, 0.1) is 51.5 Å². The molecule has 0 spiro atoms. The summed E-state index contributed by atoms with van der Waals surface area (Å²) in [4.78, 5) is 169. The van der Waals surface area contributed by atoms with Crippen molar-refractivity contribution < 1.29 is 68.2 Å². The molecule has 8 N–H and O–H groups in total. The molecule has 0 aliphatic rings. The third kappa shape index (κ3) is 24.4. The van der Waals surface area contributed by atoms with E-state index in [9.17, 15) is 110 Å². The fraction of sp³-hybridized carbons (Fsp3) is 0.483. The summed E-state index contributed by atoms with van der Waals surface area (Å²) in [7, 11) is 0. The highest BCUT2D eigenvalue weighted by Crippen LogP contribution is 2.34. The number of nitro groups is 8.